The van der Waals surface area contributed by atoms with Crippen molar-refractivity contribution >= 4 is 11.6 Å². The summed E-state index contributed by atoms with van der Waals surface area (Å²) < 4.78 is 0. The normalized spacial score (nSPS) is 12.7. The van der Waals surface area contributed by atoms with Crippen molar-refractivity contribution < 1.29 is 0 Å². The maximum Gasteiger partial charge on any atom is 0.0634 e. The predicted molar refractivity (Wildman–Crippen MR) is 64.1 cm³/mol. The summed E-state index contributed by atoms with van der Waals surface area (Å²) in [6.45, 7) is 7.01. The van der Waals surface area contributed by atoms with Crippen molar-refractivity contribution in [1.82, 2.24) is 15.6 Å². The average Bonchev–Trinajstić information content (AvgIpc) is 2.25. The van der Waals surface area contributed by atoms with Crippen molar-refractivity contribution in [3.63, 3.8) is 0 Å². The van der Waals surface area contributed by atoms with Gasteiger partial charge in [0.15, 0.2) is 0 Å². The van der Waals surface area contributed by atoms with Gasteiger partial charge in [0.1, 0.15) is 0 Å². The first-order chi connectivity index (χ1) is 7.24. The van der Waals surface area contributed by atoms with Crippen molar-refractivity contribution in [2.75, 3.05) is 13.1 Å². The monoisotopic (exact) mass is 227 g/mol. The van der Waals surface area contributed by atoms with Crippen LogP contribution in [-0.4, -0.2) is 24.1 Å². The van der Waals surface area contributed by atoms with Gasteiger partial charge in [-0.1, -0.05) is 18.5 Å². The molecule has 1 aromatic heterocycles. The van der Waals surface area contributed by atoms with E-state index in [-0.39, 0.29) is 0 Å². The van der Waals surface area contributed by atoms with Gasteiger partial charge in [-0.3, -0.25) is 4.98 Å². The zero-order chi connectivity index (χ0) is 11.1. The first kappa shape index (κ1) is 12.4. The summed E-state index contributed by atoms with van der Waals surface area (Å²) in [4.78, 5) is 3.95. The SMILES string of the molecule is CCNCC(C)NCc1ccncc1Cl. The number of rotatable bonds is 6. The lowest BCUT2D eigenvalue weighted by atomic mass is 10.2. The third kappa shape index (κ3) is 4.60. The molecule has 1 unspecified atom stereocenters. The van der Waals surface area contributed by atoms with Crippen molar-refractivity contribution in [3.8, 4) is 0 Å². The zero-order valence-corrected chi connectivity index (χ0v) is 10.0. The average molecular weight is 228 g/mol. The summed E-state index contributed by atoms with van der Waals surface area (Å²) in [5.74, 6) is 0. The van der Waals surface area contributed by atoms with Gasteiger partial charge in [0.2, 0.25) is 0 Å². The minimum Gasteiger partial charge on any atom is -0.315 e. The number of pyridine rings is 1. The molecule has 2 N–H and O–H groups in total. The Morgan fingerprint density at radius 1 is 1.53 bits per heavy atom. The highest BCUT2D eigenvalue weighted by Gasteiger charge is 2.02. The quantitative estimate of drug-likeness (QED) is 0.779. The summed E-state index contributed by atoms with van der Waals surface area (Å²) in [5, 5.41) is 7.41. The highest BCUT2D eigenvalue weighted by atomic mass is 35.5. The van der Waals surface area contributed by atoms with Crippen LogP contribution in [0, 0.1) is 0 Å². The molecular formula is C11H18ClN3. The van der Waals surface area contributed by atoms with Gasteiger partial charge in [-0.2, -0.15) is 0 Å². The molecule has 0 radical (unpaired) electrons. The highest BCUT2D eigenvalue weighted by molar-refractivity contribution is 6.31. The second-order valence-electron chi connectivity index (χ2n) is 3.56. The van der Waals surface area contributed by atoms with Crippen LogP contribution in [0.1, 0.15) is 19.4 Å². The van der Waals surface area contributed by atoms with E-state index in [1.54, 1.807) is 12.4 Å². The van der Waals surface area contributed by atoms with E-state index in [1.165, 1.54) is 0 Å². The third-order valence-electron chi connectivity index (χ3n) is 2.20. The second kappa shape index (κ2) is 6.77. The standard InChI is InChI=1S/C11H18ClN3/c1-3-13-6-9(2)15-7-10-4-5-14-8-11(10)12/h4-5,8-9,13,15H,3,6-7H2,1-2H3. The molecule has 15 heavy (non-hydrogen) atoms. The van der Waals surface area contributed by atoms with Gasteiger partial charge in [0.25, 0.3) is 0 Å². The first-order valence-corrected chi connectivity index (χ1v) is 5.64. The Labute approximate surface area is 96.2 Å². The van der Waals surface area contributed by atoms with E-state index in [2.05, 4.69) is 29.5 Å². The summed E-state index contributed by atoms with van der Waals surface area (Å²) in [6.07, 6.45) is 3.44. The van der Waals surface area contributed by atoms with Gasteiger partial charge in [0.05, 0.1) is 5.02 Å². The third-order valence-corrected chi connectivity index (χ3v) is 2.54. The number of hydrogen-bond donors (Lipinski definition) is 2. The van der Waals surface area contributed by atoms with Crippen LogP contribution >= 0.6 is 11.6 Å². The molecule has 1 aromatic rings. The predicted octanol–water partition coefficient (Wildman–Crippen LogP) is 1.82. The van der Waals surface area contributed by atoms with Crippen LogP contribution in [0.5, 0.6) is 0 Å². The smallest absolute Gasteiger partial charge is 0.0634 e. The van der Waals surface area contributed by atoms with Gasteiger partial charge in [-0.15, -0.1) is 0 Å². The molecule has 1 heterocycles. The Morgan fingerprint density at radius 3 is 3.00 bits per heavy atom. The largest absolute Gasteiger partial charge is 0.315 e. The van der Waals surface area contributed by atoms with E-state index in [4.69, 9.17) is 11.6 Å². The molecule has 0 fully saturated rings. The Bertz CT molecular complexity index is 291. The van der Waals surface area contributed by atoms with Gasteiger partial charge in [-0.05, 0) is 25.1 Å². The van der Waals surface area contributed by atoms with Gasteiger partial charge in [-0.25, -0.2) is 0 Å². The summed E-state index contributed by atoms with van der Waals surface area (Å²) >= 11 is 5.99. The molecule has 84 valence electrons. The van der Waals surface area contributed by atoms with Crippen LogP contribution in [0.4, 0.5) is 0 Å². The molecule has 4 heteroatoms. The molecule has 0 aliphatic heterocycles. The highest BCUT2D eigenvalue weighted by Crippen LogP contribution is 2.12. The number of hydrogen-bond acceptors (Lipinski definition) is 3. The van der Waals surface area contributed by atoms with Crippen LogP contribution in [0.3, 0.4) is 0 Å². The van der Waals surface area contributed by atoms with Gasteiger partial charge < -0.3 is 10.6 Å². The summed E-state index contributed by atoms with van der Waals surface area (Å²) in [5.41, 5.74) is 1.09. The second-order valence-corrected chi connectivity index (χ2v) is 3.96. The molecule has 3 nitrogen and oxygen atoms in total. The molecule has 0 spiro atoms. The summed E-state index contributed by atoms with van der Waals surface area (Å²) in [6, 6.07) is 2.38. The number of halogens is 1. The van der Waals surface area contributed by atoms with E-state index >= 15 is 0 Å². The van der Waals surface area contributed by atoms with Gasteiger partial charge >= 0.3 is 0 Å². The number of nitrogens with one attached hydrogen (secondary N) is 2. The maximum absolute atomic E-state index is 5.99. The summed E-state index contributed by atoms with van der Waals surface area (Å²) in [7, 11) is 0. The minimum absolute atomic E-state index is 0.439. The van der Waals surface area contributed by atoms with E-state index in [0.29, 0.717) is 6.04 Å². The molecule has 1 rings (SSSR count). The maximum atomic E-state index is 5.99. The van der Waals surface area contributed by atoms with Crippen molar-refractivity contribution in [2.24, 2.45) is 0 Å². The molecular weight excluding hydrogens is 210 g/mol. The number of nitrogens with zero attached hydrogens (tertiary/aromatic N) is 1. The van der Waals surface area contributed by atoms with Crippen LogP contribution in [0.25, 0.3) is 0 Å². The molecule has 0 saturated carbocycles. The van der Waals surface area contributed by atoms with Crippen LogP contribution < -0.4 is 10.6 Å². The fraction of sp³-hybridized carbons (Fsp3) is 0.545. The van der Waals surface area contributed by atoms with E-state index in [0.717, 1.165) is 30.2 Å². The first-order valence-electron chi connectivity index (χ1n) is 5.26. The molecule has 0 aliphatic rings. The lowest BCUT2D eigenvalue weighted by Gasteiger charge is -2.14. The Hall–Kier alpha value is -0.640. The molecule has 0 aliphatic carbocycles. The minimum atomic E-state index is 0.439. The van der Waals surface area contributed by atoms with E-state index in [9.17, 15) is 0 Å². The van der Waals surface area contributed by atoms with Gasteiger partial charge in [0, 0.05) is 31.5 Å². The zero-order valence-electron chi connectivity index (χ0n) is 9.26. The number of likely N-dealkylation sites (N-methyl/N-ethyl adjacent to an activating group) is 1. The lowest BCUT2D eigenvalue weighted by Crippen LogP contribution is -2.35. The van der Waals surface area contributed by atoms with Crippen molar-refractivity contribution in [3.05, 3.63) is 29.0 Å². The van der Waals surface area contributed by atoms with Crippen LogP contribution in [-0.2, 0) is 6.54 Å². The van der Waals surface area contributed by atoms with Crippen molar-refractivity contribution in [2.45, 2.75) is 26.4 Å². The molecule has 0 aromatic carbocycles. The Morgan fingerprint density at radius 2 is 2.33 bits per heavy atom. The fourth-order valence-electron chi connectivity index (χ4n) is 1.26. The molecule has 0 amide bonds. The molecule has 0 saturated heterocycles. The Kier molecular flexibility index (Phi) is 5.61. The van der Waals surface area contributed by atoms with E-state index in [1.807, 2.05) is 6.07 Å². The van der Waals surface area contributed by atoms with Crippen LogP contribution in [0.15, 0.2) is 18.5 Å². The van der Waals surface area contributed by atoms with Crippen molar-refractivity contribution in [1.29, 1.82) is 0 Å². The van der Waals surface area contributed by atoms with E-state index < -0.39 is 0 Å². The lowest BCUT2D eigenvalue weighted by molar-refractivity contribution is 0.509. The molecule has 1 atom stereocenters. The van der Waals surface area contributed by atoms with Crippen LogP contribution in [0.2, 0.25) is 5.02 Å². The Balaban J connectivity index is 2.33. The topological polar surface area (TPSA) is 37.0 Å². The molecule has 0 bridgehead atoms. The number of aromatic nitrogens is 1. The fourth-order valence-corrected chi connectivity index (χ4v) is 1.45.